The Morgan fingerprint density at radius 2 is 1.86 bits per heavy atom. The molecule has 2 atom stereocenters. The van der Waals surface area contributed by atoms with Crippen LogP contribution in [0.15, 0.2) is 18.2 Å². The van der Waals surface area contributed by atoms with Gasteiger partial charge >= 0.3 is 5.97 Å². The van der Waals surface area contributed by atoms with Gasteiger partial charge in [-0.25, -0.2) is 0 Å². The molecule has 6 nitrogen and oxygen atoms in total. The van der Waals surface area contributed by atoms with Crippen molar-refractivity contribution in [3.63, 3.8) is 0 Å². The lowest BCUT2D eigenvalue weighted by molar-refractivity contribution is -0.152. The monoisotopic (exact) mass is 305 g/mol. The molecule has 2 unspecified atom stereocenters. The minimum Gasteiger partial charge on any atom is -0.486 e. The minimum atomic E-state index is -0.877. The van der Waals surface area contributed by atoms with Crippen LogP contribution in [0.3, 0.4) is 0 Å². The van der Waals surface area contributed by atoms with E-state index in [4.69, 9.17) is 14.6 Å². The van der Waals surface area contributed by atoms with Crippen LogP contribution >= 0.6 is 0 Å². The second kappa shape index (κ2) is 6.25. The number of benzene rings is 1. The highest BCUT2D eigenvalue weighted by Crippen LogP contribution is 2.34. The standard InChI is InChI=1S/C16H19NO5/c18-15(11-2-3-12(11)16(19)20)17-6-5-10-1-4-13-14(9-10)22-8-7-21-13/h1,4,9,11-12H,2-3,5-8H2,(H,17,18)(H,19,20). The molecule has 1 amide bonds. The maximum atomic E-state index is 11.9. The lowest BCUT2D eigenvalue weighted by Crippen LogP contribution is -2.44. The van der Waals surface area contributed by atoms with Gasteiger partial charge in [-0.3, -0.25) is 9.59 Å². The van der Waals surface area contributed by atoms with E-state index in [1.54, 1.807) is 0 Å². The Balaban J connectivity index is 1.49. The van der Waals surface area contributed by atoms with Crippen molar-refractivity contribution in [2.45, 2.75) is 19.3 Å². The molecule has 2 N–H and O–H groups in total. The van der Waals surface area contributed by atoms with Crippen LogP contribution in [-0.4, -0.2) is 36.7 Å². The maximum absolute atomic E-state index is 11.9. The lowest BCUT2D eigenvalue weighted by Gasteiger charge is -2.31. The number of amides is 1. The van der Waals surface area contributed by atoms with Crippen molar-refractivity contribution in [3.05, 3.63) is 23.8 Å². The van der Waals surface area contributed by atoms with Crippen LogP contribution in [0, 0.1) is 11.8 Å². The van der Waals surface area contributed by atoms with E-state index in [9.17, 15) is 9.59 Å². The first-order valence-corrected chi connectivity index (χ1v) is 7.54. The van der Waals surface area contributed by atoms with Crippen LogP contribution < -0.4 is 14.8 Å². The lowest BCUT2D eigenvalue weighted by atomic mass is 9.73. The van der Waals surface area contributed by atoms with E-state index in [2.05, 4.69) is 5.32 Å². The Bertz CT molecular complexity index is 586. The van der Waals surface area contributed by atoms with Gasteiger partial charge in [0.25, 0.3) is 0 Å². The largest absolute Gasteiger partial charge is 0.486 e. The van der Waals surface area contributed by atoms with Crippen molar-refractivity contribution in [2.24, 2.45) is 11.8 Å². The summed E-state index contributed by atoms with van der Waals surface area (Å²) in [5.74, 6) is -0.445. The van der Waals surface area contributed by atoms with Crippen molar-refractivity contribution in [3.8, 4) is 11.5 Å². The Kier molecular flexibility index (Phi) is 4.18. The van der Waals surface area contributed by atoms with E-state index in [0.717, 1.165) is 17.1 Å². The number of hydrogen-bond donors (Lipinski definition) is 2. The first kappa shape index (κ1) is 14.7. The smallest absolute Gasteiger partial charge is 0.307 e. The van der Waals surface area contributed by atoms with Gasteiger partial charge in [-0.05, 0) is 37.0 Å². The third kappa shape index (κ3) is 3.00. The molecular weight excluding hydrogens is 286 g/mol. The summed E-state index contributed by atoms with van der Waals surface area (Å²) in [5.41, 5.74) is 1.05. The Morgan fingerprint density at radius 1 is 1.14 bits per heavy atom. The minimum absolute atomic E-state index is 0.156. The quantitative estimate of drug-likeness (QED) is 0.854. The van der Waals surface area contributed by atoms with Gasteiger partial charge < -0.3 is 19.9 Å². The molecule has 0 saturated heterocycles. The molecule has 1 aromatic carbocycles. The molecule has 1 heterocycles. The number of ether oxygens (including phenoxy) is 2. The number of carbonyl (C=O) groups excluding carboxylic acids is 1. The van der Waals surface area contributed by atoms with Crippen LogP contribution in [-0.2, 0) is 16.0 Å². The summed E-state index contributed by atoms with van der Waals surface area (Å²) in [6, 6.07) is 5.74. The predicted octanol–water partition coefficient (Wildman–Crippen LogP) is 1.23. The van der Waals surface area contributed by atoms with Crippen molar-refractivity contribution in [1.29, 1.82) is 0 Å². The first-order valence-electron chi connectivity index (χ1n) is 7.54. The van der Waals surface area contributed by atoms with E-state index < -0.39 is 11.9 Å². The molecule has 0 bridgehead atoms. The highest BCUT2D eigenvalue weighted by molar-refractivity contribution is 5.86. The van der Waals surface area contributed by atoms with Gasteiger partial charge in [0.15, 0.2) is 11.5 Å². The summed E-state index contributed by atoms with van der Waals surface area (Å²) in [5, 5.41) is 11.8. The number of nitrogens with one attached hydrogen (secondary N) is 1. The fourth-order valence-corrected chi connectivity index (χ4v) is 2.81. The van der Waals surface area contributed by atoms with Crippen LogP contribution in [0.25, 0.3) is 0 Å². The van der Waals surface area contributed by atoms with Gasteiger partial charge in [0, 0.05) is 6.54 Å². The second-order valence-corrected chi connectivity index (χ2v) is 5.65. The maximum Gasteiger partial charge on any atom is 0.307 e. The summed E-state index contributed by atoms with van der Waals surface area (Å²) in [7, 11) is 0. The Morgan fingerprint density at radius 3 is 2.55 bits per heavy atom. The van der Waals surface area contributed by atoms with Gasteiger partial charge in [-0.2, -0.15) is 0 Å². The molecule has 2 aliphatic rings. The van der Waals surface area contributed by atoms with Gasteiger partial charge in [-0.1, -0.05) is 6.07 Å². The average Bonchev–Trinajstić information content (AvgIpc) is 2.45. The molecule has 1 aliphatic heterocycles. The summed E-state index contributed by atoms with van der Waals surface area (Å²) in [4.78, 5) is 22.9. The van der Waals surface area contributed by atoms with Gasteiger partial charge in [0.1, 0.15) is 13.2 Å². The van der Waals surface area contributed by atoms with Gasteiger partial charge in [0.05, 0.1) is 11.8 Å². The fourth-order valence-electron chi connectivity index (χ4n) is 2.81. The van der Waals surface area contributed by atoms with Crippen LogP contribution in [0.4, 0.5) is 0 Å². The highest BCUT2D eigenvalue weighted by Gasteiger charge is 2.41. The zero-order chi connectivity index (χ0) is 15.5. The molecule has 6 heteroatoms. The van der Waals surface area contributed by atoms with E-state index in [1.165, 1.54) is 0 Å². The summed E-state index contributed by atoms with van der Waals surface area (Å²) in [6.45, 7) is 1.60. The Labute approximate surface area is 128 Å². The van der Waals surface area contributed by atoms with E-state index >= 15 is 0 Å². The molecular formula is C16H19NO5. The molecule has 0 spiro atoms. The van der Waals surface area contributed by atoms with E-state index in [1.807, 2.05) is 18.2 Å². The zero-order valence-corrected chi connectivity index (χ0v) is 12.2. The third-order valence-electron chi connectivity index (χ3n) is 4.25. The van der Waals surface area contributed by atoms with Crippen LogP contribution in [0.2, 0.25) is 0 Å². The summed E-state index contributed by atoms with van der Waals surface area (Å²) in [6.07, 6.45) is 1.93. The molecule has 1 aromatic rings. The van der Waals surface area contributed by atoms with Crippen molar-refractivity contribution in [1.82, 2.24) is 5.32 Å². The van der Waals surface area contributed by atoms with Crippen molar-refractivity contribution >= 4 is 11.9 Å². The molecule has 0 radical (unpaired) electrons. The van der Waals surface area contributed by atoms with Crippen molar-refractivity contribution < 1.29 is 24.2 Å². The molecule has 1 aliphatic carbocycles. The number of carboxylic acids is 1. The fraction of sp³-hybridized carbons (Fsp3) is 0.500. The van der Waals surface area contributed by atoms with Gasteiger partial charge in [-0.15, -0.1) is 0 Å². The molecule has 0 aromatic heterocycles. The molecule has 118 valence electrons. The SMILES string of the molecule is O=C(O)C1CCC1C(=O)NCCc1ccc2c(c1)OCCO2. The van der Waals surface area contributed by atoms with Crippen LogP contribution in [0.1, 0.15) is 18.4 Å². The molecule has 22 heavy (non-hydrogen) atoms. The number of aliphatic carboxylic acids is 1. The zero-order valence-electron chi connectivity index (χ0n) is 12.2. The van der Waals surface area contributed by atoms with Crippen LogP contribution in [0.5, 0.6) is 11.5 Å². The highest BCUT2D eigenvalue weighted by atomic mass is 16.6. The summed E-state index contributed by atoms with van der Waals surface area (Å²) < 4.78 is 11.0. The molecule has 3 rings (SSSR count). The average molecular weight is 305 g/mol. The first-order chi connectivity index (χ1) is 10.6. The van der Waals surface area contributed by atoms with E-state index in [0.29, 0.717) is 39.0 Å². The topological polar surface area (TPSA) is 84.9 Å². The normalized spacial score (nSPS) is 22.5. The molecule has 1 saturated carbocycles. The number of rotatable bonds is 5. The van der Waals surface area contributed by atoms with Gasteiger partial charge in [0.2, 0.25) is 5.91 Å². The molecule has 1 fully saturated rings. The van der Waals surface area contributed by atoms with E-state index in [-0.39, 0.29) is 11.8 Å². The number of carbonyl (C=O) groups is 2. The van der Waals surface area contributed by atoms with Crippen molar-refractivity contribution in [2.75, 3.05) is 19.8 Å². The Hall–Kier alpha value is -2.24. The second-order valence-electron chi connectivity index (χ2n) is 5.65. The summed E-state index contributed by atoms with van der Waals surface area (Å²) >= 11 is 0. The predicted molar refractivity (Wildman–Crippen MR) is 78.0 cm³/mol. The number of hydrogen-bond acceptors (Lipinski definition) is 4. The number of fused-ring (bicyclic) bond motifs is 1. The third-order valence-corrected chi connectivity index (χ3v) is 4.25. The number of carboxylic acid groups (broad SMARTS) is 1.